The summed E-state index contributed by atoms with van der Waals surface area (Å²) in [7, 11) is 0. The number of carbonyl (C=O) groups is 2. The fourth-order valence-electron chi connectivity index (χ4n) is 2.35. The van der Waals surface area contributed by atoms with Crippen LogP contribution in [-0.2, 0) is 4.79 Å². The highest BCUT2D eigenvalue weighted by Gasteiger charge is 2.23. The highest BCUT2D eigenvalue weighted by Crippen LogP contribution is 2.39. The first-order valence-electron chi connectivity index (χ1n) is 7.13. The number of carboxylic acid groups (broad SMARTS) is 1. The van der Waals surface area contributed by atoms with E-state index in [-0.39, 0.29) is 11.4 Å². The van der Waals surface area contributed by atoms with Crippen molar-refractivity contribution in [2.24, 2.45) is 0 Å². The molecule has 7 nitrogen and oxygen atoms in total. The molecule has 0 bridgehead atoms. The van der Waals surface area contributed by atoms with Gasteiger partial charge in [0, 0.05) is 10.6 Å². The van der Waals surface area contributed by atoms with E-state index in [0.717, 1.165) is 17.1 Å². The molecule has 128 valence electrons. The molecule has 0 aliphatic carbocycles. The number of carbonyl (C=O) groups excluding carboxylic acids is 1. The second-order valence-electron chi connectivity index (χ2n) is 5.21. The molecule has 3 rings (SSSR count). The van der Waals surface area contributed by atoms with Crippen LogP contribution in [0.15, 0.2) is 24.3 Å². The second kappa shape index (κ2) is 6.66. The van der Waals surface area contributed by atoms with Crippen molar-refractivity contribution in [1.29, 1.82) is 0 Å². The third-order valence-corrected chi connectivity index (χ3v) is 4.70. The molecule has 2 aromatic heterocycles. The van der Waals surface area contributed by atoms with Gasteiger partial charge in [0.15, 0.2) is 11.4 Å². The smallest absolute Gasteiger partial charge is 0.322 e. The van der Waals surface area contributed by atoms with Crippen LogP contribution in [0, 0.1) is 6.92 Å². The molecule has 0 saturated heterocycles. The molecule has 0 spiro atoms. The van der Waals surface area contributed by atoms with Gasteiger partial charge in [0.25, 0.3) is 5.91 Å². The molecular weight excluding hydrogens is 366 g/mol. The first-order valence-corrected chi connectivity index (χ1v) is 8.28. The number of aromatic nitrogens is 2. The molecular formula is C16H12ClN3O4S. The molecule has 1 aromatic carbocycles. The molecule has 0 fully saturated rings. The van der Waals surface area contributed by atoms with E-state index in [1.807, 2.05) is 0 Å². The van der Waals surface area contributed by atoms with Crippen LogP contribution in [0.3, 0.4) is 0 Å². The highest BCUT2D eigenvalue weighted by atomic mass is 35.5. The molecule has 0 atom stereocenters. The van der Waals surface area contributed by atoms with Gasteiger partial charge in [0.1, 0.15) is 6.54 Å². The molecule has 3 aromatic rings. The number of aromatic hydroxyl groups is 1. The lowest BCUT2D eigenvalue weighted by atomic mass is 10.1. The summed E-state index contributed by atoms with van der Waals surface area (Å²) in [5.41, 5.74) is 1.52. The van der Waals surface area contributed by atoms with Gasteiger partial charge in [-0.25, -0.2) is 4.98 Å². The standard InChI is InChI=1S/C16H12ClN3O4S/c1-7-15-11(12(20-25-15)8-2-4-9(17)5-3-8)14(23)13(19-7)16(24)18-6-10(21)22/h2-5,23H,6H2,1H3,(H,18,24)(H,21,22). The predicted octanol–water partition coefficient (Wildman–Crippen LogP) is 2.84. The maximum Gasteiger partial charge on any atom is 0.322 e. The number of aliphatic carboxylic acids is 1. The zero-order chi connectivity index (χ0) is 18.1. The zero-order valence-electron chi connectivity index (χ0n) is 12.9. The molecule has 1 amide bonds. The Morgan fingerprint density at radius 1 is 1.28 bits per heavy atom. The first kappa shape index (κ1) is 17.1. The van der Waals surface area contributed by atoms with Crippen LogP contribution in [0.5, 0.6) is 5.75 Å². The highest BCUT2D eigenvalue weighted by molar-refractivity contribution is 7.14. The van der Waals surface area contributed by atoms with Crippen LogP contribution in [0.2, 0.25) is 5.02 Å². The van der Waals surface area contributed by atoms with Crippen LogP contribution >= 0.6 is 23.1 Å². The molecule has 0 aliphatic heterocycles. The summed E-state index contributed by atoms with van der Waals surface area (Å²) in [5, 5.41) is 22.4. The number of nitrogens with one attached hydrogen (secondary N) is 1. The third-order valence-electron chi connectivity index (χ3n) is 3.49. The summed E-state index contributed by atoms with van der Waals surface area (Å²) in [6, 6.07) is 6.92. The molecule has 9 heteroatoms. The lowest BCUT2D eigenvalue weighted by Gasteiger charge is -2.08. The number of carboxylic acids is 1. The van der Waals surface area contributed by atoms with Gasteiger partial charge in [-0.2, -0.15) is 4.37 Å². The van der Waals surface area contributed by atoms with Crippen molar-refractivity contribution in [3.8, 4) is 17.0 Å². The van der Waals surface area contributed by atoms with E-state index in [9.17, 15) is 14.7 Å². The van der Waals surface area contributed by atoms with Crippen molar-refractivity contribution in [3.05, 3.63) is 40.7 Å². The lowest BCUT2D eigenvalue weighted by molar-refractivity contribution is -0.135. The number of hydrogen-bond acceptors (Lipinski definition) is 6. The monoisotopic (exact) mass is 377 g/mol. The van der Waals surface area contributed by atoms with Gasteiger partial charge >= 0.3 is 5.97 Å². The van der Waals surface area contributed by atoms with Gasteiger partial charge in [-0.3, -0.25) is 9.59 Å². The number of rotatable bonds is 4. The molecule has 3 N–H and O–H groups in total. The largest absolute Gasteiger partial charge is 0.505 e. The van der Waals surface area contributed by atoms with Crippen LogP contribution in [0.25, 0.3) is 21.3 Å². The van der Waals surface area contributed by atoms with Gasteiger partial charge in [0.2, 0.25) is 0 Å². The Balaban J connectivity index is 2.14. The minimum atomic E-state index is -1.19. The fraction of sp³-hybridized carbons (Fsp3) is 0.125. The number of fused-ring (bicyclic) bond motifs is 1. The Labute approximate surface area is 151 Å². The molecule has 0 unspecified atom stereocenters. The Kier molecular flexibility index (Phi) is 4.56. The number of benzene rings is 1. The van der Waals surface area contributed by atoms with Gasteiger partial charge in [0.05, 0.1) is 21.5 Å². The number of hydrogen-bond donors (Lipinski definition) is 3. The first-order chi connectivity index (χ1) is 11.9. The number of aryl methyl sites for hydroxylation is 1. The van der Waals surface area contributed by atoms with E-state index in [0.29, 0.717) is 26.5 Å². The van der Waals surface area contributed by atoms with Crippen LogP contribution in [-0.4, -0.2) is 38.0 Å². The summed E-state index contributed by atoms with van der Waals surface area (Å²) in [6.07, 6.45) is 0. The molecule has 2 heterocycles. The van der Waals surface area contributed by atoms with Gasteiger partial charge in [-0.1, -0.05) is 23.7 Å². The topological polar surface area (TPSA) is 112 Å². The SMILES string of the molecule is Cc1nc(C(=O)NCC(=O)O)c(O)c2c(-c3ccc(Cl)cc3)nsc12. The van der Waals surface area contributed by atoms with E-state index in [1.165, 1.54) is 0 Å². The van der Waals surface area contributed by atoms with E-state index < -0.39 is 18.4 Å². The zero-order valence-corrected chi connectivity index (χ0v) is 14.5. The van der Waals surface area contributed by atoms with Crippen molar-refractivity contribution in [3.63, 3.8) is 0 Å². The average molecular weight is 378 g/mol. The number of pyridine rings is 1. The molecule has 25 heavy (non-hydrogen) atoms. The number of nitrogens with zero attached hydrogens (tertiary/aromatic N) is 2. The quantitative estimate of drug-likeness (QED) is 0.644. The normalized spacial score (nSPS) is 10.8. The van der Waals surface area contributed by atoms with E-state index in [4.69, 9.17) is 16.7 Å². The van der Waals surface area contributed by atoms with Crippen molar-refractivity contribution >= 4 is 45.1 Å². The van der Waals surface area contributed by atoms with Crippen molar-refractivity contribution < 1.29 is 19.8 Å². The lowest BCUT2D eigenvalue weighted by Crippen LogP contribution is -2.30. The Hall–Kier alpha value is -2.71. The Morgan fingerprint density at radius 3 is 2.60 bits per heavy atom. The van der Waals surface area contributed by atoms with Crippen molar-refractivity contribution in [2.45, 2.75) is 6.92 Å². The van der Waals surface area contributed by atoms with Gasteiger partial charge in [-0.05, 0) is 30.6 Å². The third kappa shape index (κ3) is 3.26. The van der Waals surface area contributed by atoms with Crippen LogP contribution < -0.4 is 5.32 Å². The Bertz CT molecular complexity index is 985. The van der Waals surface area contributed by atoms with Crippen LogP contribution in [0.4, 0.5) is 0 Å². The minimum Gasteiger partial charge on any atom is -0.505 e. The minimum absolute atomic E-state index is 0.235. The summed E-state index contributed by atoms with van der Waals surface area (Å²) in [6.45, 7) is 1.13. The maximum atomic E-state index is 12.1. The van der Waals surface area contributed by atoms with Gasteiger partial charge in [-0.15, -0.1) is 0 Å². The summed E-state index contributed by atoms with van der Waals surface area (Å²) < 4.78 is 5.01. The molecule has 0 radical (unpaired) electrons. The summed E-state index contributed by atoms with van der Waals surface area (Å²) in [5.74, 6) is -2.29. The van der Waals surface area contributed by atoms with Crippen LogP contribution in [0.1, 0.15) is 16.2 Å². The maximum absolute atomic E-state index is 12.1. The van der Waals surface area contributed by atoms with Crippen molar-refractivity contribution in [2.75, 3.05) is 6.54 Å². The van der Waals surface area contributed by atoms with E-state index in [2.05, 4.69) is 14.7 Å². The fourth-order valence-corrected chi connectivity index (χ4v) is 3.32. The second-order valence-corrected chi connectivity index (χ2v) is 6.42. The molecule has 0 aliphatic rings. The molecule has 0 saturated carbocycles. The van der Waals surface area contributed by atoms with E-state index in [1.54, 1.807) is 31.2 Å². The van der Waals surface area contributed by atoms with Crippen molar-refractivity contribution in [1.82, 2.24) is 14.7 Å². The average Bonchev–Trinajstić information content (AvgIpc) is 3.02. The van der Waals surface area contributed by atoms with E-state index >= 15 is 0 Å². The number of halogens is 1. The number of amides is 1. The van der Waals surface area contributed by atoms with Gasteiger partial charge < -0.3 is 15.5 Å². The summed E-state index contributed by atoms with van der Waals surface area (Å²) in [4.78, 5) is 26.9. The Morgan fingerprint density at radius 2 is 1.96 bits per heavy atom. The summed E-state index contributed by atoms with van der Waals surface area (Å²) >= 11 is 7.06. The predicted molar refractivity (Wildman–Crippen MR) is 94.2 cm³/mol.